The number of carbonyl (C=O) groups excluding carboxylic acids is 1. The van der Waals surface area contributed by atoms with Crippen LogP contribution in [0.4, 0.5) is 4.79 Å². The summed E-state index contributed by atoms with van der Waals surface area (Å²) in [6, 6.07) is 6.48. The summed E-state index contributed by atoms with van der Waals surface area (Å²) >= 11 is 0. The van der Waals surface area contributed by atoms with Crippen molar-refractivity contribution in [3.63, 3.8) is 0 Å². The molecule has 0 aliphatic heterocycles. The van der Waals surface area contributed by atoms with Crippen LogP contribution in [0.25, 0.3) is 0 Å². The zero-order chi connectivity index (χ0) is 16.6. The van der Waals surface area contributed by atoms with Gasteiger partial charge in [0.15, 0.2) is 0 Å². The van der Waals surface area contributed by atoms with Crippen molar-refractivity contribution in [1.82, 2.24) is 10.6 Å². The van der Waals surface area contributed by atoms with Gasteiger partial charge in [0, 0.05) is 19.6 Å². The van der Waals surface area contributed by atoms with Crippen LogP contribution >= 0.6 is 0 Å². The Morgan fingerprint density at radius 3 is 2.50 bits per heavy atom. The molecule has 0 bridgehead atoms. The minimum Gasteiger partial charge on any atom is -0.444 e. The van der Waals surface area contributed by atoms with Crippen LogP contribution in [-0.2, 0) is 11.3 Å². The summed E-state index contributed by atoms with van der Waals surface area (Å²) in [6.07, 6.45) is 3.53. The lowest BCUT2D eigenvalue weighted by atomic mass is 10.1. The van der Waals surface area contributed by atoms with E-state index in [1.165, 1.54) is 16.7 Å². The molecule has 0 spiro atoms. The van der Waals surface area contributed by atoms with Crippen LogP contribution in [0.3, 0.4) is 0 Å². The fourth-order valence-electron chi connectivity index (χ4n) is 1.96. The van der Waals surface area contributed by atoms with Crippen molar-refractivity contribution < 1.29 is 9.53 Å². The lowest BCUT2D eigenvalue weighted by Crippen LogP contribution is -2.32. The molecule has 2 N–H and O–H groups in total. The van der Waals surface area contributed by atoms with Crippen molar-refractivity contribution in [1.29, 1.82) is 0 Å². The molecule has 0 heterocycles. The van der Waals surface area contributed by atoms with Gasteiger partial charge >= 0.3 is 6.09 Å². The van der Waals surface area contributed by atoms with Crippen molar-refractivity contribution in [2.24, 2.45) is 0 Å². The van der Waals surface area contributed by atoms with Gasteiger partial charge in [-0.2, -0.15) is 0 Å². The van der Waals surface area contributed by atoms with Gasteiger partial charge < -0.3 is 15.4 Å². The Balaban J connectivity index is 2.18. The molecule has 0 radical (unpaired) electrons. The van der Waals surface area contributed by atoms with Gasteiger partial charge in [-0.1, -0.05) is 35.9 Å². The molecule has 0 aliphatic rings. The maximum Gasteiger partial charge on any atom is 0.407 e. The Hall–Kier alpha value is -1.81. The molecule has 1 rings (SSSR count). The van der Waals surface area contributed by atoms with Gasteiger partial charge in [0.1, 0.15) is 5.60 Å². The zero-order valence-electron chi connectivity index (χ0n) is 14.3. The van der Waals surface area contributed by atoms with E-state index >= 15 is 0 Å². The van der Waals surface area contributed by atoms with Crippen LogP contribution in [0.15, 0.2) is 30.4 Å². The van der Waals surface area contributed by atoms with E-state index in [2.05, 4.69) is 42.7 Å². The van der Waals surface area contributed by atoms with E-state index in [0.717, 1.165) is 13.1 Å². The third kappa shape index (κ3) is 7.84. The summed E-state index contributed by atoms with van der Waals surface area (Å²) in [4.78, 5) is 11.4. The maximum absolute atomic E-state index is 11.4. The lowest BCUT2D eigenvalue weighted by molar-refractivity contribution is 0.0534. The number of hydrogen-bond donors (Lipinski definition) is 2. The van der Waals surface area contributed by atoms with Gasteiger partial charge in [-0.25, -0.2) is 4.79 Å². The van der Waals surface area contributed by atoms with Crippen molar-refractivity contribution in [3.8, 4) is 0 Å². The first kappa shape index (κ1) is 18.2. The first-order valence-corrected chi connectivity index (χ1v) is 7.66. The van der Waals surface area contributed by atoms with E-state index < -0.39 is 5.60 Å². The highest BCUT2D eigenvalue weighted by molar-refractivity contribution is 5.67. The van der Waals surface area contributed by atoms with Gasteiger partial charge in [0.25, 0.3) is 0 Å². The molecule has 1 aromatic rings. The summed E-state index contributed by atoms with van der Waals surface area (Å²) < 4.78 is 5.15. The fraction of sp³-hybridized carbons (Fsp3) is 0.500. The molecule has 0 aromatic heterocycles. The van der Waals surface area contributed by atoms with E-state index in [1.807, 2.05) is 32.9 Å². The number of ether oxygens (including phenoxy) is 1. The van der Waals surface area contributed by atoms with Crippen LogP contribution in [0, 0.1) is 13.8 Å². The number of hydrogen-bond acceptors (Lipinski definition) is 3. The first-order valence-electron chi connectivity index (χ1n) is 7.66. The highest BCUT2D eigenvalue weighted by atomic mass is 16.6. The number of rotatable bonds is 6. The second-order valence-electron chi connectivity index (χ2n) is 6.42. The number of amides is 1. The van der Waals surface area contributed by atoms with Gasteiger partial charge in [0.2, 0.25) is 0 Å². The molecule has 0 fully saturated rings. The largest absolute Gasteiger partial charge is 0.444 e. The third-order valence-electron chi connectivity index (χ3n) is 3.01. The van der Waals surface area contributed by atoms with Crippen LogP contribution in [-0.4, -0.2) is 24.8 Å². The number of nitrogens with one attached hydrogen (secondary N) is 2. The Bertz CT molecular complexity index is 516. The molecular formula is C18H28N2O2. The molecule has 22 heavy (non-hydrogen) atoms. The van der Waals surface area contributed by atoms with E-state index in [1.54, 1.807) is 0 Å². The van der Waals surface area contributed by atoms with Gasteiger partial charge in [0.05, 0.1) is 0 Å². The monoisotopic (exact) mass is 304 g/mol. The molecule has 0 aliphatic carbocycles. The summed E-state index contributed by atoms with van der Waals surface area (Å²) in [5.41, 5.74) is 3.45. The fourth-order valence-corrected chi connectivity index (χ4v) is 1.96. The molecule has 122 valence electrons. The number of alkyl carbamates (subject to hydrolysis) is 1. The second kappa shape index (κ2) is 8.59. The zero-order valence-corrected chi connectivity index (χ0v) is 14.3. The molecule has 0 saturated carbocycles. The lowest BCUT2D eigenvalue weighted by Gasteiger charge is -2.19. The summed E-state index contributed by atoms with van der Waals surface area (Å²) in [5, 5.41) is 6.04. The van der Waals surface area contributed by atoms with Crippen LogP contribution in [0.2, 0.25) is 0 Å². The molecular weight excluding hydrogens is 276 g/mol. The number of benzene rings is 1. The molecule has 4 heteroatoms. The first-order chi connectivity index (χ1) is 10.3. The van der Waals surface area contributed by atoms with Gasteiger partial charge in [-0.05, 0) is 45.7 Å². The predicted octanol–water partition coefficient (Wildman–Crippen LogP) is 3.47. The standard InChI is InChI=1S/C18H28N2O2/c1-14-8-9-16(15(2)12-14)13-19-10-6-7-11-20-17(21)22-18(3,4)5/h6-9,12,19H,10-11,13H2,1-5H3,(H,20,21)/b7-6+. The van der Waals surface area contributed by atoms with E-state index in [4.69, 9.17) is 4.74 Å². The van der Waals surface area contributed by atoms with Crippen LogP contribution in [0.1, 0.15) is 37.5 Å². The predicted molar refractivity (Wildman–Crippen MR) is 91.0 cm³/mol. The quantitative estimate of drug-likeness (QED) is 0.625. The highest BCUT2D eigenvalue weighted by Gasteiger charge is 2.14. The SMILES string of the molecule is Cc1ccc(CNC/C=C/CNC(=O)OC(C)(C)C)c(C)c1. The van der Waals surface area contributed by atoms with Crippen molar-refractivity contribution in [2.45, 2.75) is 46.8 Å². The van der Waals surface area contributed by atoms with Crippen LogP contribution in [0.5, 0.6) is 0 Å². The van der Waals surface area contributed by atoms with Gasteiger partial charge in [-0.3, -0.25) is 0 Å². The Labute approximate surface area is 133 Å². The third-order valence-corrected chi connectivity index (χ3v) is 3.01. The topological polar surface area (TPSA) is 50.4 Å². The number of carbonyl (C=O) groups is 1. The van der Waals surface area contributed by atoms with Crippen molar-refractivity contribution in [3.05, 3.63) is 47.0 Å². The molecule has 0 unspecified atom stereocenters. The molecule has 0 saturated heterocycles. The van der Waals surface area contributed by atoms with Gasteiger partial charge in [-0.15, -0.1) is 0 Å². The summed E-state index contributed by atoms with van der Waals surface area (Å²) in [5.74, 6) is 0. The van der Waals surface area contributed by atoms with Crippen LogP contribution < -0.4 is 10.6 Å². The minimum atomic E-state index is -0.457. The molecule has 0 atom stereocenters. The Morgan fingerprint density at radius 1 is 1.18 bits per heavy atom. The number of aryl methyl sites for hydroxylation is 2. The molecule has 1 aromatic carbocycles. The second-order valence-corrected chi connectivity index (χ2v) is 6.42. The summed E-state index contributed by atoms with van der Waals surface area (Å²) in [6.45, 7) is 11.9. The normalized spacial score (nSPS) is 11.7. The van der Waals surface area contributed by atoms with Crippen molar-refractivity contribution >= 4 is 6.09 Å². The average molecular weight is 304 g/mol. The average Bonchev–Trinajstić information content (AvgIpc) is 2.37. The van der Waals surface area contributed by atoms with E-state index in [9.17, 15) is 4.79 Å². The molecule has 1 amide bonds. The molecule has 4 nitrogen and oxygen atoms in total. The maximum atomic E-state index is 11.4. The Kier molecular flexibility index (Phi) is 7.12. The van der Waals surface area contributed by atoms with Crippen molar-refractivity contribution in [2.75, 3.05) is 13.1 Å². The van der Waals surface area contributed by atoms with E-state index in [-0.39, 0.29) is 6.09 Å². The Morgan fingerprint density at radius 2 is 1.86 bits per heavy atom. The van der Waals surface area contributed by atoms with E-state index in [0.29, 0.717) is 6.54 Å². The smallest absolute Gasteiger partial charge is 0.407 e. The summed E-state index contributed by atoms with van der Waals surface area (Å²) in [7, 11) is 0. The minimum absolute atomic E-state index is 0.389. The highest BCUT2D eigenvalue weighted by Crippen LogP contribution is 2.09.